The Balaban J connectivity index is 1.60. The van der Waals surface area contributed by atoms with Crippen molar-refractivity contribution < 1.29 is 9.53 Å². The number of rotatable bonds is 5. The van der Waals surface area contributed by atoms with Gasteiger partial charge in [0.25, 0.3) is 5.91 Å². The first-order valence-electron chi connectivity index (χ1n) is 9.33. The zero-order valence-corrected chi connectivity index (χ0v) is 15.8. The minimum absolute atomic E-state index is 0.0360. The van der Waals surface area contributed by atoms with E-state index in [1.807, 2.05) is 22.6 Å². The van der Waals surface area contributed by atoms with E-state index in [2.05, 4.69) is 41.2 Å². The van der Waals surface area contributed by atoms with E-state index in [4.69, 9.17) is 4.74 Å². The molecular weight excluding hydrogens is 340 g/mol. The van der Waals surface area contributed by atoms with Crippen LogP contribution in [0.25, 0.3) is 11.2 Å². The number of hydrogen-bond donors (Lipinski definition) is 0. The molecule has 1 amide bonds. The second kappa shape index (κ2) is 7.48. The first-order valence-corrected chi connectivity index (χ1v) is 9.33. The molecular formula is C21H24N4O2. The van der Waals surface area contributed by atoms with Gasteiger partial charge in [0, 0.05) is 32.9 Å². The number of amides is 1. The summed E-state index contributed by atoms with van der Waals surface area (Å²) in [6.07, 6.45) is 5.51. The summed E-state index contributed by atoms with van der Waals surface area (Å²) in [5, 5.41) is 0. The maximum absolute atomic E-state index is 13.3. The summed E-state index contributed by atoms with van der Waals surface area (Å²) in [7, 11) is 1.89. The molecule has 0 spiro atoms. The second-order valence-corrected chi connectivity index (χ2v) is 7.23. The Morgan fingerprint density at radius 1 is 1.30 bits per heavy atom. The third kappa shape index (κ3) is 3.85. The predicted octanol–water partition coefficient (Wildman–Crippen LogP) is 3.10. The third-order valence-corrected chi connectivity index (χ3v) is 5.03. The van der Waals surface area contributed by atoms with E-state index in [1.165, 1.54) is 5.56 Å². The maximum atomic E-state index is 13.3. The van der Waals surface area contributed by atoms with Gasteiger partial charge in [-0.1, -0.05) is 29.8 Å². The molecule has 140 valence electrons. The van der Waals surface area contributed by atoms with Crippen LogP contribution in [0.15, 0.2) is 42.9 Å². The molecule has 3 heterocycles. The van der Waals surface area contributed by atoms with E-state index >= 15 is 0 Å². The van der Waals surface area contributed by atoms with Crippen molar-refractivity contribution in [1.82, 2.24) is 19.4 Å². The van der Waals surface area contributed by atoms with Gasteiger partial charge in [0.05, 0.1) is 18.0 Å². The molecule has 1 aliphatic heterocycles. The highest BCUT2D eigenvalue weighted by atomic mass is 16.5. The number of fused-ring (bicyclic) bond motifs is 1. The van der Waals surface area contributed by atoms with Gasteiger partial charge in [-0.25, -0.2) is 9.97 Å². The fraction of sp³-hybridized carbons (Fsp3) is 0.381. The predicted molar refractivity (Wildman–Crippen MR) is 103 cm³/mol. The summed E-state index contributed by atoms with van der Waals surface area (Å²) >= 11 is 0. The Bertz CT molecular complexity index is 942. The van der Waals surface area contributed by atoms with Crippen molar-refractivity contribution in [2.45, 2.75) is 32.4 Å². The van der Waals surface area contributed by atoms with Gasteiger partial charge < -0.3 is 14.2 Å². The van der Waals surface area contributed by atoms with E-state index < -0.39 is 0 Å². The smallest absolute Gasteiger partial charge is 0.255 e. The molecule has 1 unspecified atom stereocenters. The van der Waals surface area contributed by atoms with Crippen LogP contribution < -0.4 is 0 Å². The molecule has 0 bridgehead atoms. The van der Waals surface area contributed by atoms with E-state index in [0.29, 0.717) is 18.7 Å². The lowest BCUT2D eigenvalue weighted by Crippen LogP contribution is -2.37. The van der Waals surface area contributed by atoms with Crippen molar-refractivity contribution in [1.29, 1.82) is 0 Å². The van der Waals surface area contributed by atoms with Crippen LogP contribution in [0.5, 0.6) is 0 Å². The third-order valence-electron chi connectivity index (χ3n) is 5.03. The van der Waals surface area contributed by atoms with Crippen LogP contribution in [-0.2, 0) is 18.3 Å². The van der Waals surface area contributed by atoms with Crippen LogP contribution in [0, 0.1) is 6.92 Å². The summed E-state index contributed by atoms with van der Waals surface area (Å²) in [5.41, 5.74) is 4.39. The van der Waals surface area contributed by atoms with E-state index in [-0.39, 0.29) is 12.0 Å². The molecule has 1 fully saturated rings. The van der Waals surface area contributed by atoms with Gasteiger partial charge >= 0.3 is 0 Å². The lowest BCUT2D eigenvalue weighted by molar-refractivity contribution is 0.0507. The summed E-state index contributed by atoms with van der Waals surface area (Å²) < 4.78 is 7.62. The number of ether oxygens (including phenoxy) is 1. The fourth-order valence-electron chi connectivity index (χ4n) is 3.48. The van der Waals surface area contributed by atoms with Crippen LogP contribution in [0.2, 0.25) is 0 Å². The van der Waals surface area contributed by atoms with Gasteiger partial charge in [0.2, 0.25) is 0 Å². The molecule has 27 heavy (non-hydrogen) atoms. The molecule has 0 saturated carbocycles. The van der Waals surface area contributed by atoms with Crippen LogP contribution in [-0.4, -0.2) is 44.6 Å². The van der Waals surface area contributed by atoms with Crippen molar-refractivity contribution in [2.24, 2.45) is 7.05 Å². The van der Waals surface area contributed by atoms with Gasteiger partial charge in [0.15, 0.2) is 5.65 Å². The Morgan fingerprint density at radius 3 is 2.85 bits per heavy atom. The summed E-state index contributed by atoms with van der Waals surface area (Å²) in [4.78, 5) is 23.9. The average Bonchev–Trinajstić information content (AvgIpc) is 3.32. The van der Waals surface area contributed by atoms with Crippen molar-refractivity contribution in [3.8, 4) is 0 Å². The number of benzene rings is 1. The van der Waals surface area contributed by atoms with E-state index in [9.17, 15) is 4.79 Å². The second-order valence-electron chi connectivity index (χ2n) is 7.23. The Hall–Kier alpha value is -2.73. The Labute approximate surface area is 158 Å². The SMILES string of the molecule is Cc1ccc(CN(CC2CCCO2)C(=O)c2cnc3c(c2)ncn3C)cc1. The number of aromatic nitrogens is 3. The van der Waals surface area contributed by atoms with Crippen molar-refractivity contribution in [3.63, 3.8) is 0 Å². The van der Waals surface area contributed by atoms with E-state index in [0.717, 1.165) is 36.2 Å². The summed E-state index contributed by atoms with van der Waals surface area (Å²) in [6.45, 7) is 3.98. The minimum atomic E-state index is -0.0360. The Kier molecular flexibility index (Phi) is 4.90. The molecule has 1 saturated heterocycles. The number of imidazole rings is 1. The molecule has 1 aromatic carbocycles. The van der Waals surface area contributed by atoms with Crippen LogP contribution in [0.4, 0.5) is 0 Å². The largest absolute Gasteiger partial charge is 0.376 e. The number of pyridine rings is 1. The number of nitrogens with zero attached hydrogens (tertiary/aromatic N) is 4. The van der Waals surface area contributed by atoms with Gasteiger partial charge in [0.1, 0.15) is 5.52 Å². The molecule has 0 aliphatic carbocycles. The lowest BCUT2D eigenvalue weighted by atomic mass is 10.1. The quantitative estimate of drug-likeness (QED) is 0.698. The van der Waals surface area contributed by atoms with Gasteiger partial charge in [-0.05, 0) is 31.4 Å². The number of aryl methyl sites for hydroxylation is 2. The number of hydrogen-bond acceptors (Lipinski definition) is 4. The first-order chi connectivity index (χ1) is 13.1. The highest BCUT2D eigenvalue weighted by molar-refractivity contribution is 5.96. The van der Waals surface area contributed by atoms with Gasteiger partial charge in [-0.15, -0.1) is 0 Å². The van der Waals surface area contributed by atoms with Crippen LogP contribution in [0.3, 0.4) is 0 Å². The van der Waals surface area contributed by atoms with Gasteiger partial charge in [-0.3, -0.25) is 4.79 Å². The minimum Gasteiger partial charge on any atom is -0.376 e. The number of carbonyl (C=O) groups is 1. The fourth-order valence-corrected chi connectivity index (χ4v) is 3.48. The molecule has 0 radical (unpaired) electrons. The maximum Gasteiger partial charge on any atom is 0.255 e. The normalized spacial score (nSPS) is 16.7. The average molecular weight is 364 g/mol. The zero-order valence-electron chi connectivity index (χ0n) is 15.8. The molecule has 4 rings (SSSR count). The topological polar surface area (TPSA) is 60.2 Å². The van der Waals surface area contributed by atoms with Crippen LogP contribution >= 0.6 is 0 Å². The molecule has 0 N–H and O–H groups in total. The van der Waals surface area contributed by atoms with Crippen molar-refractivity contribution >= 4 is 17.1 Å². The molecule has 2 aromatic heterocycles. The monoisotopic (exact) mass is 364 g/mol. The van der Waals surface area contributed by atoms with Gasteiger partial charge in [-0.2, -0.15) is 0 Å². The molecule has 1 aliphatic rings. The summed E-state index contributed by atoms with van der Waals surface area (Å²) in [6, 6.07) is 10.1. The Morgan fingerprint density at radius 2 is 2.11 bits per heavy atom. The zero-order chi connectivity index (χ0) is 18.8. The highest BCUT2D eigenvalue weighted by Gasteiger charge is 2.24. The molecule has 6 nitrogen and oxygen atoms in total. The molecule has 3 aromatic rings. The van der Waals surface area contributed by atoms with Crippen molar-refractivity contribution in [3.05, 3.63) is 59.5 Å². The standard InChI is InChI=1S/C21H24N4O2/c1-15-5-7-16(8-6-15)12-25(13-18-4-3-9-27-18)21(26)17-10-19-20(22-11-17)24(2)14-23-19/h5-8,10-11,14,18H,3-4,9,12-13H2,1-2H3. The molecule has 1 atom stereocenters. The summed E-state index contributed by atoms with van der Waals surface area (Å²) in [5.74, 6) is -0.0360. The van der Waals surface area contributed by atoms with E-state index in [1.54, 1.807) is 12.5 Å². The lowest BCUT2D eigenvalue weighted by Gasteiger charge is -2.25. The first kappa shape index (κ1) is 17.7. The highest BCUT2D eigenvalue weighted by Crippen LogP contribution is 2.19. The van der Waals surface area contributed by atoms with Crippen molar-refractivity contribution in [2.75, 3.05) is 13.2 Å². The van der Waals surface area contributed by atoms with Crippen LogP contribution in [0.1, 0.15) is 34.3 Å². The molecule has 6 heteroatoms. The number of carbonyl (C=O) groups excluding carboxylic acids is 1.